The van der Waals surface area contributed by atoms with E-state index in [1.165, 1.54) is 0 Å². The first kappa shape index (κ1) is 11.7. The zero-order chi connectivity index (χ0) is 11.6. The molecule has 0 spiro atoms. The Morgan fingerprint density at radius 2 is 2.07 bits per heavy atom. The highest BCUT2D eigenvalue weighted by molar-refractivity contribution is 5.81. The molecule has 1 rings (SSSR count). The van der Waals surface area contributed by atoms with E-state index < -0.39 is 6.04 Å². The van der Waals surface area contributed by atoms with Crippen LogP contribution in [0.15, 0.2) is 4.52 Å². The van der Waals surface area contributed by atoms with Gasteiger partial charge < -0.3 is 15.6 Å². The van der Waals surface area contributed by atoms with Gasteiger partial charge in [-0.25, -0.2) is 0 Å². The molecule has 0 saturated carbocycles. The summed E-state index contributed by atoms with van der Waals surface area (Å²) in [7, 11) is 0. The number of nitrogens with two attached hydrogens (primary N) is 1. The Labute approximate surface area is 89.0 Å². The minimum Gasteiger partial charge on any atom is -0.361 e. The molecule has 15 heavy (non-hydrogen) atoms. The van der Waals surface area contributed by atoms with Gasteiger partial charge in [0.2, 0.25) is 5.91 Å². The molecule has 0 aliphatic carbocycles. The fourth-order valence-electron chi connectivity index (χ4n) is 1.53. The second-order valence-corrected chi connectivity index (χ2v) is 3.76. The molecule has 1 unspecified atom stereocenters. The number of carbonyl (C=O) groups excluding carboxylic acids is 1. The third kappa shape index (κ3) is 2.56. The summed E-state index contributed by atoms with van der Waals surface area (Å²) in [6.45, 7) is 7.20. The van der Waals surface area contributed by atoms with Gasteiger partial charge in [-0.05, 0) is 27.7 Å². The normalized spacial score (nSPS) is 14.7. The number of rotatable bonds is 3. The molecular formula is C10H17N3O2. The molecule has 84 valence electrons. The zero-order valence-corrected chi connectivity index (χ0v) is 9.50. The molecule has 0 aliphatic rings. The third-order valence-electron chi connectivity index (χ3n) is 2.29. The summed E-state index contributed by atoms with van der Waals surface area (Å²) in [6, 6.07) is -0.636. The SMILES string of the molecule is Cc1noc(C)c1C(C)NC(=O)[C@@H](C)N. The van der Waals surface area contributed by atoms with Gasteiger partial charge in [0.15, 0.2) is 0 Å². The summed E-state index contributed by atoms with van der Waals surface area (Å²) in [5.74, 6) is 0.549. The van der Waals surface area contributed by atoms with Crippen molar-refractivity contribution in [3.05, 3.63) is 17.0 Å². The first-order valence-electron chi connectivity index (χ1n) is 4.92. The van der Waals surface area contributed by atoms with Crippen LogP contribution in [0.25, 0.3) is 0 Å². The Bertz CT molecular complexity index is 338. The van der Waals surface area contributed by atoms with Crippen molar-refractivity contribution in [3.8, 4) is 0 Å². The standard InChI is InChI=1S/C10H17N3O2/c1-5(11)10(14)12-6(2)9-7(3)13-15-8(9)4/h5-6H,11H2,1-4H3,(H,12,14)/t5-,6?/m1/s1. The fraction of sp³-hybridized carbons (Fsp3) is 0.600. The molecule has 0 aliphatic heterocycles. The van der Waals surface area contributed by atoms with Gasteiger partial charge in [-0.2, -0.15) is 0 Å². The molecule has 0 radical (unpaired) electrons. The van der Waals surface area contributed by atoms with Crippen LogP contribution >= 0.6 is 0 Å². The average molecular weight is 211 g/mol. The number of aryl methyl sites for hydroxylation is 2. The van der Waals surface area contributed by atoms with Crippen molar-refractivity contribution in [3.63, 3.8) is 0 Å². The zero-order valence-electron chi connectivity index (χ0n) is 9.50. The van der Waals surface area contributed by atoms with E-state index in [0.29, 0.717) is 0 Å². The Kier molecular flexibility index (Phi) is 3.47. The number of hydrogen-bond donors (Lipinski definition) is 2. The fourth-order valence-corrected chi connectivity index (χ4v) is 1.53. The van der Waals surface area contributed by atoms with Crippen molar-refractivity contribution < 1.29 is 9.32 Å². The van der Waals surface area contributed by atoms with Gasteiger partial charge >= 0.3 is 0 Å². The van der Waals surface area contributed by atoms with Crippen LogP contribution in [0.5, 0.6) is 0 Å². The summed E-state index contributed by atoms with van der Waals surface area (Å²) in [5.41, 5.74) is 7.18. The first-order valence-corrected chi connectivity index (χ1v) is 4.92. The number of aromatic nitrogens is 1. The molecule has 0 saturated heterocycles. The molecule has 1 aromatic rings. The Morgan fingerprint density at radius 3 is 2.47 bits per heavy atom. The lowest BCUT2D eigenvalue weighted by atomic mass is 10.1. The Balaban J connectivity index is 2.77. The van der Waals surface area contributed by atoms with E-state index in [0.717, 1.165) is 17.0 Å². The van der Waals surface area contributed by atoms with Gasteiger partial charge in [-0.15, -0.1) is 0 Å². The highest BCUT2D eigenvalue weighted by atomic mass is 16.5. The van der Waals surface area contributed by atoms with Crippen molar-refractivity contribution in [1.82, 2.24) is 10.5 Å². The predicted molar refractivity (Wildman–Crippen MR) is 56.2 cm³/mol. The topological polar surface area (TPSA) is 81.2 Å². The minimum atomic E-state index is -0.507. The van der Waals surface area contributed by atoms with E-state index in [2.05, 4.69) is 10.5 Å². The Hall–Kier alpha value is -1.36. The van der Waals surface area contributed by atoms with E-state index in [9.17, 15) is 4.79 Å². The van der Waals surface area contributed by atoms with Crippen LogP contribution in [0.2, 0.25) is 0 Å². The van der Waals surface area contributed by atoms with Crippen LogP contribution in [-0.2, 0) is 4.79 Å². The van der Waals surface area contributed by atoms with Crippen LogP contribution in [0.1, 0.15) is 36.9 Å². The molecule has 1 heterocycles. The van der Waals surface area contributed by atoms with E-state index >= 15 is 0 Å². The molecular weight excluding hydrogens is 194 g/mol. The largest absolute Gasteiger partial charge is 0.361 e. The van der Waals surface area contributed by atoms with E-state index in [1.54, 1.807) is 6.92 Å². The van der Waals surface area contributed by atoms with Crippen LogP contribution < -0.4 is 11.1 Å². The van der Waals surface area contributed by atoms with Crippen molar-refractivity contribution in [1.29, 1.82) is 0 Å². The second kappa shape index (κ2) is 4.44. The predicted octanol–water partition coefficient (Wildman–Crippen LogP) is 0.816. The molecule has 5 heteroatoms. The summed E-state index contributed by atoms with van der Waals surface area (Å²) < 4.78 is 5.03. The molecule has 1 aromatic heterocycles. The summed E-state index contributed by atoms with van der Waals surface area (Å²) in [4.78, 5) is 11.4. The highest BCUT2D eigenvalue weighted by Gasteiger charge is 2.19. The van der Waals surface area contributed by atoms with Crippen LogP contribution in [-0.4, -0.2) is 17.1 Å². The van der Waals surface area contributed by atoms with E-state index in [4.69, 9.17) is 10.3 Å². The van der Waals surface area contributed by atoms with Gasteiger partial charge in [0.05, 0.1) is 17.8 Å². The lowest BCUT2D eigenvalue weighted by Gasteiger charge is -2.15. The lowest BCUT2D eigenvalue weighted by molar-refractivity contribution is -0.122. The quantitative estimate of drug-likeness (QED) is 0.775. The molecule has 0 fully saturated rings. The monoisotopic (exact) mass is 211 g/mol. The summed E-state index contributed by atoms with van der Waals surface area (Å²) in [5, 5.41) is 6.63. The highest BCUT2D eigenvalue weighted by Crippen LogP contribution is 2.20. The minimum absolute atomic E-state index is 0.130. The number of nitrogens with zero attached hydrogens (tertiary/aromatic N) is 1. The molecule has 0 bridgehead atoms. The second-order valence-electron chi connectivity index (χ2n) is 3.76. The number of hydrogen-bond acceptors (Lipinski definition) is 4. The van der Waals surface area contributed by atoms with Gasteiger partial charge in [0.25, 0.3) is 0 Å². The van der Waals surface area contributed by atoms with Crippen LogP contribution in [0, 0.1) is 13.8 Å². The van der Waals surface area contributed by atoms with Crippen LogP contribution in [0.3, 0.4) is 0 Å². The lowest BCUT2D eigenvalue weighted by Crippen LogP contribution is -2.39. The van der Waals surface area contributed by atoms with Crippen molar-refractivity contribution in [2.75, 3.05) is 0 Å². The van der Waals surface area contributed by atoms with Gasteiger partial charge in [0, 0.05) is 5.56 Å². The Morgan fingerprint density at radius 1 is 1.47 bits per heavy atom. The third-order valence-corrected chi connectivity index (χ3v) is 2.29. The first-order chi connectivity index (χ1) is 6.93. The van der Waals surface area contributed by atoms with Crippen molar-refractivity contribution in [2.45, 2.75) is 39.8 Å². The molecule has 1 amide bonds. The van der Waals surface area contributed by atoms with Gasteiger partial charge in [-0.3, -0.25) is 4.79 Å². The van der Waals surface area contributed by atoms with Gasteiger partial charge in [0.1, 0.15) is 5.76 Å². The maximum Gasteiger partial charge on any atom is 0.237 e. The number of nitrogens with one attached hydrogen (secondary N) is 1. The number of carbonyl (C=O) groups is 1. The molecule has 5 nitrogen and oxygen atoms in total. The summed E-state index contributed by atoms with van der Waals surface area (Å²) >= 11 is 0. The molecule has 0 aromatic carbocycles. The summed E-state index contributed by atoms with van der Waals surface area (Å²) in [6.07, 6.45) is 0. The van der Waals surface area contributed by atoms with E-state index in [-0.39, 0.29) is 11.9 Å². The van der Waals surface area contributed by atoms with Gasteiger partial charge in [-0.1, -0.05) is 5.16 Å². The number of amides is 1. The maximum absolute atomic E-state index is 11.4. The molecule has 3 N–H and O–H groups in total. The van der Waals surface area contributed by atoms with Crippen molar-refractivity contribution in [2.24, 2.45) is 5.73 Å². The van der Waals surface area contributed by atoms with E-state index in [1.807, 2.05) is 20.8 Å². The van der Waals surface area contributed by atoms with Crippen molar-refractivity contribution >= 4 is 5.91 Å². The maximum atomic E-state index is 11.4. The smallest absolute Gasteiger partial charge is 0.237 e. The van der Waals surface area contributed by atoms with Crippen LogP contribution in [0.4, 0.5) is 0 Å². The molecule has 2 atom stereocenters. The average Bonchev–Trinajstić information content (AvgIpc) is 2.45.